The lowest BCUT2D eigenvalue weighted by molar-refractivity contribution is -0.0347. The molecule has 1 spiro atoms. The molecule has 1 N–H and O–H groups in total. The molecule has 3 aliphatic heterocycles. The second-order valence-corrected chi connectivity index (χ2v) is 11.7. The Morgan fingerprint density at radius 3 is 2.44 bits per heavy atom. The minimum atomic E-state index is -0.215. The van der Waals surface area contributed by atoms with Gasteiger partial charge >= 0.3 is 6.09 Å². The molecule has 5 aliphatic rings. The van der Waals surface area contributed by atoms with Gasteiger partial charge < -0.3 is 10.1 Å². The van der Waals surface area contributed by atoms with Gasteiger partial charge in [-0.1, -0.05) is 56.3 Å². The number of rotatable bonds is 5. The number of benzene rings is 2. The molecule has 3 heterocycles. The van der Waals surface area contributed by atoms with Gasteiger partial charge in [-0.3, -0.25) is 4.90 Å². The van der Waals surface area contributed by atoms with Gasteiger partial charge in [-0.15, -0.1) is 0 Å². The minimum Gasteiger partial charge on any atom is -0.445 e. The van der Waals surface area contributed by atoms with Crippen LogP contribution in [0.4, 0.5) is 4.79 Å². The molecule has 180 valence electrons. The highest BCUT2D eigenvalue weighted by Crippen LogP contribution is 2.61. The minimum absolute atomic E-state index is 0.0572. The highest BCUT2D eigenvalue weighted by Gasteiger charge is 2.53. The van der Waals surface area contributed by atoms with Gasteiger partial charge in [0.15, 0.2) is 0 Å². The summed E-state index contributed by atoms with van der Waals surface area (Å²) < 4.78 is 6.00. The van der Waals surface area contributed by atoms with Crippen LogP contribution in [0.1, 0.15) is 68.7 Å². The number of piperidine rings is 3. The summed E-state index contributed by atoms with van der Waals surface area (Å²) >= 11 is 0. The predicted octanol–water partition coefficient (Wildman–Crippen LogP) is 6.14. The first-order valence-electron chi connectivity index (χ1n) is 13.4. The smallest absolute Gasteiger partial charge is 0.407 e. The summed E-state index contributed by atoms with van der Waals surface area (Å²) in [5, 5.41) is 3.34. The average molecular weight is 459 g/mol. The van der Waals surface area contributed by atoms with E-state index in [0.29, 0.717) is 11.8 Å². The number of carbonyl (C=O) groups excluding carboxylic acids is 1. The van der Waals surface area contributed by atoms with Crippen molar-refractivity contribution in [2.24, 2.45) is 17.3 Å². The van der Waals surface area contributed by atoms with Crippen molar-refractivity contribution in [1.82, 2.24) is 10.2 Å². The Kier molecular flexibility index (Phi) is 5.68. The maximum atomic E-state index is 13.0. The first-order valence-corrected chi connectivity index (χ1v) is 13.4. The van der Waals surface area contributed by atoms with Crippen LogP contribution in [0, 0.1) is 17.3 Å². The molecule has 2 aromatic rings. The lowest BCUT2D eigenvalue weighted by atomic mass is 9.76. The van der Waals surface area contributed by atoms with Gasteiger partial charge in [-0.25, -0.2) is 4.79 Å². The number of nitrogens with zero attached hydrogens (tertiary/aromatic N) is 1. The van der Waals surface area contributed by atoms with Gasteiger partial charge in [0.2, 0.25) is 0 Å². The maximum Gasteiger partial charge on any atom is 0.407 e. The lowest BCUT2D eigenvalue weighted by Crippen LogP contribution is -2.53. The number of fused-ring (bicyclic) bond motifs is 4. The van der Waals surface area contributed by atoms with E-state index in [1.165, 1.54) is 40.7 Å². The van der Waals surface area contributed by atoms with Crippen LogP contribution in [-0.2, 0) is 17.6 Å². The zero-order chi connectivity index (χ0) is 23.3. The molecule has 4 fully saturated rings. The summed E-state index contributed by atoms with van der Waals surface area (Å²) in [6, 6.07) is 16.0. The van der Waals surface area contributed by atoms with Gasteiger partial charge in [0, 0.05) is 6.54 Å². The first-order chi connectivity index (χ1) is 16.5. The Balaban J connectivity index is 1.19. The van der Waals surface area contributed by atoms with Crippen LogP contribution in [0.2, 0.25) is 0 Å². The summed E-state index contributed by atoms with van der Waals surface area (Å²) in [5.74, 6) is 1.21. The molecule has 2 aliphatic carbocycles. The van der Waals surface area contributed by atoms with Crippen LogP contribution < -0.4 is 5.32 Å². The number of carbonyl (C=O) groups is 1. The van der Waals surface area contributed by atoms with Crippen LogP contribution in [-0.4, -0.2) is 36.7 Å². The second kappa shape index (κ2) is 8.71. The van der Waals surface area contributed by atoms with Crippen molar-refractivity contribution in [2.75, 3.05) is 19.6 Å². The highest BCUT2D eigenvalue weighted by atomic mass is 16.6. The Bertz CT molecular complexity index is 1050. The number of alkyl carbamates (subject to hydrolysis) is 1. The molecule has 34 heavy (non-hydrogen) atoms. The SMILES string of the molecule is CC(C)Cc1ccc(-c2ccc3c(c2)CCC2(CC2)C3NC(=O)O[C@@H]2CN3CCC2CC3)cc1. The monoisotopic (exact) mass is 458 g/mol. The van der Waals surface area contributed by atoms with Gasteiger partial charge in [0.05, 0.1) is 6.04 Å². The fourth-order valence-electron chi connectivity index (χ4n) is 6.71. The second-order valence-electron chi connectivity index (χ2n) is 11.7. The maximum absolute atomic E-state index is 13.0. The first kappa shape index (κ1) is 22.2. The van der Waals surface area contributed by atoms with Crippen molar-refractivity contribution >= 4 is 6.09 Å². The van der Waals surface area contributed by atoms with Crippen LogP contribution in [0.3, 0.4) is 0 Å². The van der Waals surface area contributed by atoms with Gasteiger partial charge in [0.25, 0.3) is 0 Å². The van der Waals surface area contributed by atoms with Crippen LogP contribution >= 0.6 is 0 Å². The van der Waals surface area contributed by atoms with Crippen molar-refractivity contribution in [3.8, 4) is 11.1 Å². The van der Waals surface area contributed by atoms with E-state index in [1.807, 2.05) is 0 Å². The number of hydrogen-bond donors (Lipinski definition) is 1. The van der Waals surface area contributed by atoms with Crippen molar-refractivity contribution in [3.05, 3.63) is 59.2 Å². The molecule has 4 nitrogen and oxygen atoms in total. The van der Waals surface area contributed by atoms with Gasteiger partial charge in [-0.05, 0) is 103 Å². The molecule has 7 rings (SSSR count). The topological polar surface area (TPSA) is 41.6 Å². The molecular weight excluding hydrogens is 420 g/mol. The highest BCUT2D eigenvalue weighted by molar-refractivity contribution is 5.70. The molecular formula is C30H38N2O2. The zero-order valence-corrected chi connectivity index (χ0v) is 20.7. The number of amides is 1. The van der Waals surface area contributed by atoms with E-state index in [-0.39, 0.29) is 23.7 Å². The van der Waals surface area contributed by atoms with Gasteiger partial charge in [-0.2, -0.15) is 0 Å². The Hall–Kier alpha value is -2.33. The average Bonchev–Trinajstić information content (AvgIpc) is 3.62. The van der Waals surface area contributed by atoms with Crippen LogP contribution in [0.15, 0.2) is 42.5 Å². The standard InChI is InChI=1S/C30H38N2O2/c1-20(2)17-21-3-5-22(6-4-21)24-7-8-26-25(18-24)9-12-30(13-14-30)28(26)31-29(33)34-27-19-32-15-10-23(27)11-16-32/h3-8,18,20,23,27-28H,9-17,19H2,1-2H3,(H,31,33)/t27-,28?/m1/s1. The molecule has 3 saturated heterocycles. The summed E-state index contributed by atoms with van der Waals surface area (Å²) in [6.45, 7) is 7.76. The zero-order valence-electron chi connectivity index (χ0n) is 20.7. The van der Waals surface area contributed by atoms with E-state index < -0.39 is 0 Å². The molecule has 1 amide bonds. The van der Waals surface area contributed by atoms with E-state index in [0.717, 1.165) is 51.7 Å². The largest absolute Gasteiger partial charge is 0.445 e. The molecule has 0 aromatic heterocycles. The van der Waals surface area contributed by atoms with E-state index in [2.05, 4.69) is 66.5 Å². The van der Waals surface area contributed by atoms with Crippen molar-refractivity contribution < 1.29 is 9.53 Å². The van der Waals surface area contributed by atoms with Crippen LogP contribution in [0.5, 0.6) is 0 Å². The van der Waals surface area contributed by atoms with Crippen molar-refractivity contribution in [3.63, 3.8) is 0 Å². The molecule has 4 heteroatoms. The summed E-state index contributed by atoms with van der Waals surface area (Å²) in [5.41, 5.74) is 6.87. The normalized spacial score (nSPS) is 28.6. The Morgan fingerprint density at radius 2 is 1.79 bits per heavy atom. The molecule has 2 bridgehead atoms. The summed E-state index contributed by atoms with van der Waals surface area (Å²) in [4.78, 5) is 15.5. The molecule has 2 aromatic carbocycles. The summed E-state index contributed by atoms with van der Waals surface area (Å²) in [6.07, 6.45) is 7.95. The van der Waals surface area contributed by atoms with E-state index in [1.54, 1.807) is 0 Å². The van der Waals surface area contributed by atoms with E-state index in [9.17, 15) is 4.79 Å². The number of aryl methyl sites for hydroxylation is 1. The third-order valence-corrected chi connectivity index (χ3v) is 8.90. The predicted molar refractivity (Wildman–Crippen MR) is 136 cm³/mol. The third-order valence-electron chi connectivity index (χ3n) is 8.90. The Morgan fingerprint density at radius 1 is 1.06 bits per heavy atom. The van der Waals surface area contributed by atoms with E-state index in [4.69, 9.17) is 4.74 Å². The molecule has 1 saturated carbocycles. The van der Waals surface area contributed by atoms with Crippen LogP contribution in [0.25, 0.3) is 11.1 Å². The number of hydrogen-bond acceptors (Lipinski definition) is 3. The quantitative estimate of drug-likeness (QED) is 0.585. The molecule has 1 unspecified atom stereocenters. The molecule has 2 atom stereocenters. The lowest BCUT2D eigenvalue weighted by Gasteiger charge is -2.44. The number of nitrogens with one attached hydrogen (secondary N) is 1. The fourth-order valence-corrected chi connectivity index (χ4v) is 6.71. The number of ether oxygens (including phenoxy) is 1. The van der Waals surface area contributed by atoms with Crippen molar-refractivity contribution in [1.29, 1.82) is 0 Å². The fraction of sp³-hybridized carbons (Fsp3) is 0.567. The summed E-state index contributed by atoms with van der Waals surface area (Å²) in [7, 11) is 0. The molecule has 0 radical (unpaired) electrons. The third kappa shape index (κ3) is 4.26. The Labute approximate surface area is 204 Å². The van der Waals surface area contributed by atoms with E-state index >= 15 is 0 Å². The van der Waals surface area contributed by atoms with Crippen molar-refractivity contribution in [2.45, 2.75) is 70.9 Å². The van der Waals surface area contributed by atoms with Gasteiger partial charge in [0.1, 0.15) is 6.10 Å².